The Bertz CT molecular complexity index is 2470. The first-order valence-corrected chi connectivity index (χ1v) is 30.4. The van der Waals surface area contributed by atoms with Crippen LogP contribution in [0.3, 0.4) is 0 Å². The van der Waals surface area contributed by atoms with Crippen molar-refractivity contribution in [2.75, 3.05) is 26.2 Å². The molecule has 3 aliphatic rings. The highest BCUT2D eigenvalue weighted by Gasteiger charge is 2.47. The highest BCUT2D eigenvalue weighted by molar-refractivity contribution is 6.00. The minimum absolute atomic E-state index is 0.0149. The Balaban J connectivity index is 1.66. The van der Waals surface area contributed by atoms with E-state index in [0.717, 1.165) is 10.0 Å². The molecular formula is C60H96N16O10. The largest absolute Gasteiger partial charge is 0.342 e. The zero-order chi connectivity index (χ0) is 63.7. The number of hydrazine groups is 4. The predicted octanol–water partition coefficient (Wildman–Crippen LogP) is -0.428. The molecule has 26 heteroatoms. The van der Waals surface area contributed by atoms with Gasteiger partial charge in [-0.05, 0) is 112 Å². The van der Waals surface area contributed by atoms with Gasteiger partial charge in [-0.1, -0.05) is 116 Å². The second-order valence-electron chi connectivity index (χ2n) is 24.5. The van der Waals surface area contributed by atoms with Gasteiger partial charge in [0.25, 0.3) is 23.6 Å². The number of amides is 10. The molecule has 1 unspecified atom stereocenters. The summed E-state index contributed by atoms with van der Waals surface area (Å²) in [5.41, 5.74) is 13.1. The van der Waals surface area contributed by atoms with E-state index in [-0.39, 0.29) is 102 Å². The summed E-state index contributed by atoms with van der Waals surface area (Å²) in [6.45, 7) is 14.2. The quantitative estimate of drug-likeness (QED) is 0.0753. The second-order valence-corrected chi connectivity index (χ2v) is 24.5. The van der Waals surface area contributed by atoms with Gasteiger partial charge in [0, 0.05) is 25.9 Å². The summed E-state index contributed by atoms with van der Waals surface area (Å²) >= 11 is 0. The first-order valence-electron chi connectivity index (χ1n) is 30.4. The molecule has 26 nitrogen and oxygen atoms in total. The van der Waals surface area contributed by atoms with Gasteiger partial charge in [0.05, 0.1) is 0 Å². The van der Waals surface area contributed by atoms with E-state index in [1.165, 1.54) is 9.80 Å². The number of hydrogen-bond acceptors (Lipinski definition) is 16. The van der Waals surface area contributed by atoms with Crippen LogP contribution in [0.4, 0.5) is 0 Å². The van der Waals surface area contributed by atoms with E-state index < -0.39 is 131 Å². The van der Waals surface area contributed by atoms with Crippen molar-refractivity contribution < 1.29 is 47.9 Å². The Morgan fingerprint density at radius 3 is 1.06 bits per heavy atom. The van der Waals surface area contributed by atoms with Crippen molar-refractivity contribution in [3.8, 4) is 0 Å². The van der Waals surface area contributed by atoms with Crippen molar-refractivity contribution in [1.29, 1.82) is 0 Å². The number of fused-ring (bicyclic) bond motifs is 2. The Hall–Kier alpha value is -7.10. The van der Waals surface area contributed by atoms with Crippen molar-refractivity contribution in [3.05, 3.63) is 71.8 Å². The molecule has 3 heterocycles. The van der Waals surface area contributed by atoms with Crippen molar-refractivity contribution in [2.24, 2.45) is 58.5 Å². The SMILES string of the molecule is CC(C)CC1NC(=O)[C@H](CCCN)N(N)C(=O)[C@H](C(C)C)NC(=O)[C@@H]2CCCN2C(=O)[C@@H](Cc2ccccc2)N(N)C(=O)[C@H](CC(C)C)NC(=O)[C@H](CCCN)N(N)C(=O)[C@H](C(C)C)NC(=O)[C@@H]2CCCN2C(=O)[C@@H](Cc2ccccc2)N(N)C1=O. The van der Waals surface area contributed by atoms with Crippen LogP contribution in [0, 0.1) is 23.7 Å². The number of hydrogen-bond donors (Lipinski definition) is 10. The zero-order valence-corrected chi connectivity index (χ0v) is 51.4. The van der Waals surface area contributed by atoms with Crippen LogP contribution in [-0.4, -0.2) is 176 Å². The summed E-state index contributed by atoms with van der Waals surface area (Å²) < 4.78 is 0. The Kier molecular flexibility index (Phi) is 26.4. The number of nitrogens with one attached hydrogen (secondary N) is 4. The number of carbonyl (C=O) groups excluding carboxylic acids is 10. The fourth-order valence-electron chi connectivity index (χ4n) is 11.4. The molecule has 3 aliphatic heterocycles. The molecule has 16 N–H and O–H groups in total. The first-order chi connectivity index (χ1) is 40.7. The van der Waals surface area contributed by atoms with E-state index in [1.54, 1.807) is 88.4 Å². The van der Waals surface area contributed by atoms with Crippen molar-refractivity contribution >= 4 is 59.1 Å². The predicted molar refractivity (Wildman–Crippen MR) is 322 cm³/mol. The molecule has 0 saturated carbocycles. The molecule has 476 valence electrons. The molecule has 86 heavy (non-hydrogen) atoms. The van der Waals surface area contributed by atoms with Gasteiger partial charge in [-0.25, -0.2) is 23.4 Å². The summed E-state index contributed by atoms with van der Waals surface area (Å²) in [5, 5.41) is 14.1. The fourth-order valence-corrected chi connectivity index (χ4v) is 11.4. The molecule has 0 aromatic heterocycles. The van der Waals surface area contributed by atoms with Gasteiger partial charge >= 0.3 is 0 Å². The molecule has 10 amide bonds. The summed E-state index contributed by atoms with van der Waals surface area (Å²) in [5.74, 6) is 17.2. The normalized spacial score (nSPS) is 26.4. The molecule has 5 rings (SSSR count). The van der Waals surface area contributed by atoms with Gasteiger partial charge < -0.3 is 42.5 Å². The molecule has 0 bridgehead atoms. The Morgan fingerprint density at radius 1 is 0.430 bits per heavy atom. The van der Waals surface area contributed by atoms with Crippen molar-refractivity contribution in [2.45, 2.75) is 193 Å². The summed E-state index contributed by atoms with van der Waals surface area (Å²) in [4.78, 5) is 151. The lowest BCUT2D eigenvalue weighted by atomic mass is 9.98. The smallest absolute Gasteiger partial charge is 0.260 e. The monoisotopic (exact) mass is 1200 g/mol. The van der Waals surface area contributed by atoms with E-state index >= 15 is 9.59 Å². The highest BCUT2D eigenvalue weighted by atomic mass is 16.2. The number of rotatable bonds is 16. The van der Waals surface area contributed by atoms with Crippen LogP contribution < -0.4 is 56.1 Å². The summed E-state index contributed by atoms with van der Waals surface area (Å²) in [6.07, 6.45) is 1.08. The van der Waals surface area contributed by atoms with Crippen LogP contribution in [0.1, 0.15) is 131 Å². The zero-order valence-electron chi connectivity index (χ0n) is 51.4. The highest BCUT2D eigenvalue weighted by Crippen LogP contribution is 2.26. The van der Waals surface area contributed by atoms with E-state index in [9.17, 15) is 38.4 Å². The van der Waals surface area contributed by atoms with Crippen LogP contribution in [0.2, 0.25) is 0 Å². The molecular weight excluding hydrogens is 1100 g/mol. The number of nitrogens with two attached hydrogens (primary N) is 6. The minimum Gasteiger partial charge on any atom is -0.342 e. The van der Waals surface area contributed by atoms with Gasteiger partial charge in [0.2, 0.25) is 35.4 Å². The third kappa shape index (κ3) is 18.0. The summed E-state index contributed by atoms with van der Waals surface area (Å²) in [6, 6.07) is 3.94. The molecule has 3 saturated heterocycles. The molecule has 3 fully saturated rings. The molecule has 0 spiro atoms. The van der Waals surface area contributed by atoms with Crippen molar-refractivity contribution in [3.63, 3.8) is 0 Å². The van der Waals surface area contributed by atoms with E-state index in [1.807, 2.05) is 27.7 Å². The lowest BCUT2D eigenvalue weighted by Gasteiger charge is -2.37. The maximum absolute atomic E-state index is 15.1. The lowest BCUT2D eigenvalue weighted by molar-refractivity contribution is -0.152. The van der Waals surface area contributed by atoms with Crippen molar-refractivity contribution in [1.82, 2.24) is 51.1 Å². The van der Waals surface area contributed by atoms with E-state index in [0.29, 0.717) is 34.0 Å². The molecule has 0 radical (unpaired) electrons. The van der Waals surface area contributed by atoms with Gasteiger partial charge in [0.15, 0.2) is 0 Å². The molecule has 0 aliphatic carbocycles. The Labute approximate surface area is 505 Å². The average molecular weight is 1200 g/mol. The molecule has 2 aromatic carbocycles. The third-order valence-corrected chi connectivity index (χ3v) is 16.2. The Morgan fingerprint density at radius 2 is 0.756 bits per heavy atom. The van der Waals surface area contributed by atoms with E-state index in [4.69, 9.17) is 34.8 Å². The lowest BCUT2D eigenvalue weighted by Crippen LogP contribution is -2.65. The van der Waals surface area contributed by atoms with Crippen LogP contribution >= 0.6 is 0 Å². The standard InChI is InChI=1S/C60H96N16O10/c1-35(2)31-41-55(81)75(65)47(33-39-19-11-9-12-20-39)57(83)71-29-17-25-43(71)51(77)70-50(38(7)8)60(86)74(64)46(24-16-28-62)54(80)68-42(32-36(3)4)56(82)76(66)48(34-40-21-13-10-14-22-40)58(84)72-30-18-26-44(72)52(78)69-49(37(5)6)59(85)73(63)45(23-15-27-61)53(79)67-41/h9-14,19-22,35-38,41-50H,15-18,23-34,61-66H2,1-8H3,(H,67,79)(H,68,80)(H,69,78)(H,70,77)/t41-,42?,43-,44-,45-,46-,47+,48+,49-,50-/m0/s1. The summed E-state index contributed by atoms with van der Waals surface area (Å²) in [7, 11) is 0. The first kappa shape index (κ1) is 69.7. The second kappa shape index (κ2) is 32.6. The van der Waals surface area contributed by atoms with Crippen LogP contribution in [-0.2, 0) is 60.8 Å². The molecule has 2 aromatic rings. The number of carbonyl (C=O) groups is 10. The maximum Gasteiger partial charge on any atom is 0.260 e. The average Bonchev–Trinajstić information content (AvgIpc) is 3.44. The van der Waals surface area contributed by atoms with Crippen LogP contribution in [0.5, 0.6) is 0 Å². The van der Waals surface area contributed by atoms with E-state index in [2.05, 4.69) is 21.3 Å². The number of benzene rings is 2. The molecule has 10 atom stereocenters. The maximum atomic E-state index is 15.1. The topological polar surface area (TPSA) is 394 Å². The van der Waals surface area contributed by atoms with Crippen LogP contribution in [0.25, 0.3) is 0 Å². The van der Waals surface area contributed by atoms with Crippen LogP contribution in [0.15, 0.2) is 60.7 Å². The van der Waals surface area contributed by atoms with Gasteiger partial charge in [-0.2, -0.15) is 0 Å². The van der Waals surface area contributed by atoms with Gasteiger partial charge in [-0.15, -0.1) is 0 Å². The van der Waals surface area contributed by atoms with Gasteiger partial charge in [0.1, 0.15) is 60.4 Å². The fraction of sp³-hybridized carbons (Fsp3) is 0.633. The minimum atomic E-state index is -1.45. The van der Waals surface area contributed by atoms with Gasteiger partial charge in [-0.3, -0.25) is 68.0 Å². The third-order valence-electron chi connectivity index (χ3n) is 16.2. The number of nitrogens with zero attached hydrogens (tertiary/aromatic N) is 6.